The van der Waals surface area contributed by atoms with Gasteiger partial charge in [-0.1, -0.05) is 59.9 Å². The van der Waals surface area contributed by atoms with Gasteiger partial charge >= 0.3 is 0 Å². The van der Waals surface area contributed by atoms with Crippen molar-refractivity contribution >= 4 is 16.5 Å². The Morgan fingerprint density at radius 1 is 1.00 bits per heavy atom. The lowest BCUT2D eigenvalue weighted by Crippen LogP contribution is -2.16. The normalized spacial score (nSPS) is 10.5. The van der Waals surface area contributed by atoms with Crippen LogP contribution in [0.4, 0.5) is 5.13 Å². The maximum Gasteiger partial charge on any atom is 0.208 e. The Bertz CT molecular complexity index is 758. The van der Waals surface area contributed by atoms with E-state index < -0.39 is 0 Å². The molecule has 1 aromatic heterocycles. The van der Waals surface area contributed by atoms with Crippen LogP contribution in [0, 0.1) is 0 Å². The minimum absolute atomic E-state index is 0.664. The van der Waals surface area contributed by atoms with Gasteiger partial charge in [-0.2, -0.15) is 0 Å². The number of ether oxygens (including phenoxy) is 1. The van der Waals surface area contributed by atoms with Gasteiger partial charge in [0, 0.05) is 24.7 Å². The molecule has 0 unspecified atom stereocenters. The van der Waals surface area contributed by atoms with E-state index >= 15 is 0 Å². The van der Waals surface area contributed by atoms with Crippen LogP contribution in [0.1, 0.15) is 12.5 Å². The smallest absolute Gasteiger partial charge is 0.208 e. The lowest BCUT2D eigenvalue weighted by atomic mass is 10.2. The van der Waals surface area contributed by atoms with Gasteiger partial charge in [-0.05, 0) is 13.0 Å². The van der Waals surface area contributed by atoms with E-state index in [2.05, 4.69) is 33.3 Å². The van der Waals surface area contributed by atoms with Crippen LogP contribution in [-0.4, -0.2) is 23.9 Å². The molecule has 0 atom stereocenters. The summed E-state index contributed by atoms with van der Waals surface area (Å²) in [6.45, 7) is 3.40. The zero-order valence-electron chi connectivity index (χ0n) is 13.3. The van der Waals surface area contributed by atoms with Gasteiger partial charge in [0.05, 0.1) is 6.61 Å². The average molecular weight is 325 g/mol. The van der Waals surface area contributed by atoms with E-state index in [1.807, 2.05) is 50.4 Å². The molecule has 118 valence electrons. The molecule has 0 amide bonds. The summed E-state index contributed by atoms with van der Waals surface area (Å²) >= 11 is 1.60. The summed E-state index contributed by atoms with van der Waals surface area (Å²) in [5, 5.41) is 10.5. The highest BCUT2D eigenvalue weighted by atomic mass is 32.1. The number of nitrogens with zero attached hydrogens (tertiary/aromatic N) is 3. The fourth-order valence-electron chi connectivity index (χ4n) is 2.32. The zero-order chi connectivity index (χ0) is 16.1. The lowest BCUT2D eigenvalue weighted by molar-refractivity contribution is 0.336. The Morgan fingerprint density at radius 2 is 1.74 bits per heavy atom. The first-order chi connectivity index (χ1) is 11.3. The van der Waals surface area contributed by atoms with E-state index in [1.165, 1.54) is 0 Å². The third-order valence-electron chi connectivity index (χ3n) is 3.44. The van der Waals surface area contributed by atoms with Crippen LogP contribution in [0.2, 0.25) is 0 Å². The molecule has 0 spiro atoms. The topological polar surface area (TPSA) is 38.2 Å². The van der Waals surface area contributed by atoms with Gasteiger partial charge in [-0.25, -0.2) is 0 Å². The first-order valence-corrected chi connectivity index (χ1v) is 8.40. The number of hydrogen-bond donors (Lipinski definition) is 0. The van der Waals surface area contributed by atoms with Crippen LogP contribution < -0.4 is 9.64 Å². The van der Waals surface area contributed by atoms with Crippen molar-refractivity contribution in [3.63, 3.8) is 0 Å². The minimum atomic E-state index is 0.664. The Kier molecular flexibility index (Phi) is 4.88. The third-order valence-corrected chi connectivity index (χ3v) is 4.53. The molecule has 0 aliphatic carbocycles. The summed E-state index contributed by atoms with van der Waals surface area (Å²) in [5.41, 5.74) is 2.24. The van der Waals surface area contributed by atoms with Crippen LogP contribution >= 0.6 is 11.3 Å². The number of rotatable bonds is 6. The van der Waals surface area contributed by atoms with E-state index in [0.29, 0.717) is 6.61 Å². The number of hydrogen-bond acceptors (Lipinski definition) is 5. The number of aromatic nitrogens is 2. The Labute approximate surface area is 140 Å². The molecule has 5 heteroatoms. The second-order valence-corrected chi connectivity index (χ2v) is 6.11. The summed E-state index contributed by atoms with van der Waals surface area (Å²) < 4.78 is 5.69. The van der Waals surface area contributed by atoms with Gasteiger partial charge in [0.25, 0.3) is 0 Å². The molecule has 0 bridgehead atoms. The third kappa shape index (κ3) is 3.68. The predicted octanol–water partition coefficient (Wildman–Crippen LogP) is 4.24. The quantitative estimate of drug-likeness (QED) is 0.679. The number of para-hydroxylation sites is 1. The highest BCUT2D eigenvalue weighted by Gasteiger charge is 2.12. The highest BCUT2D eigenvalue weighted by molar-refractivity contribution is 7.18. The molecule has 0 radical (unpaired) electrons. The molecular formula is C18H19N3OS. The van der Waals surface area contributed by atoms with Crippen molar-refractivity contribution < 1.29 is 4.74 Å². The van der Waals surface area contributed by atoms with Gasteiger partial charge in [0.2, 0.25) is 5.13 Å². The molecule has 0 fully saturated rings. The van der Waals surface area contributed by atoms with E-state index in [1.54, 1.807) is 11.3 Å². The maximum absolute atomic E-state index is 5.69. The van der Waals surface area contributed by atoms with E-state index in [-0.39, 0.29) is 0 Å². The first kappa shape index (κ1) is 15.5. The summed E-state index contributed by atoms with van der Waals surface area (Å²) in [7, 11) is 2.03. The van der Waals surface area contributed by atoms with Crippen LogP contribution in [0.25, 0.3) is 10.6 Å². The number of benzene rings is 2. The monoisotopic (exact) mass is 325 g/mol. The van der Waals surface area contributed by atoms with Gasteiger partial charge in [-0.3, -0.25) is 0 Å². The van der Waals surface area contributed by atoms with Gasteiger partial charge in [0.15, 0.2) is 0 Å². The summed E-state index contributed by atoms with van der Waals surface area (Å²) in [6, 6.07) is 18.2. The first-order valence-electron chi connectivity index (χ1n) is 7.58. The molecule has 23 heavy (non-hydrogen) atoms. The standard InChI is InChI=1S/C18H19N3OS/c1-3-22-16-12-8-7-11-15(16)13-21(2)18-20-19-17(23-18)14-9-5-4-6-10-14/h4-12H,3,13H2,1-2H3. The SMILES string of the molecule is CCOc1ccccc1CN(C)c1nnc(-c2ccccc2)s1. The molecule has 3 rings (SSSR count). The molecule has 0 aliphatic rings. The van der Waals surface area contributed by atoms with Crippen LogP contribution in [-0.2, 0) is 6.54 Å². The Hall–Kier alpha value is -2.40. The van der Waals surface area contributed by atoms with Crippen molar-refractivity contribution in [2.24, 2.45) is 0 Å². The van der Waals surface area contributed by atoms with Gasteiger partial charge < -0.3 is 9.64 Å². The van der Waals surface area contributed by atoms with Gasteiger partial charge in [0.1, 0.15) is 10.8 Å². The van der Waals surface area contributed by atoms with Crippen molar-refractivity contribution in [3.8, 4) is 16.3 Å². The summed E-state index contributed by atoms with van der Waals surface area (Å²) in [4.78, 5) is 2.10. The average Bonchev–Trinajstić information content (AvgIpc) is 3.08. The van der Waals surface area contributed by atoms with Crippen molar-refractivity contribution in [1.82, 2.24) is 10.2 Å². The second kappa shape index (κ2) is 7.24. The van der Waals surface area contributed by atoms with E-state index in [4.69, 9.17) is 4.74 Å². The van der Waals surface area contributed by atoms with Crippen molar-refractivity contribution in [3.05, 3.63) is 60.2 Å². The second-order valence-electron chi connectivity index (χ2n) is 5.15. The van der Waals surface area contributed by atoms with Crippen LogP contribution in [0.3, 0.4) is 0 Å². The molecule has 0 N–H and O–H groups in total. The zero-order valence-corrected chi connectivity index (χ0v) is 14.1. The summed E-state index contributed by atoms with van der Waals surface area (Å²) in [6.07, 6.45) is 0. The fraction of sp³-hybridized carbons (Fsp3) is 0.222. The van der Waals surface area contributed by atoms with Crippen molar-refractivity contribution in [2.75, 3.05) is 18.6 Å². The largest absolute Gasteiger partial charge is 0.494 e. The minimum Gasteiger partial charge on any atom is -0.494 e. The molecule has 3 aromatic rings. The van der Waals surface area contributed by atoms with Crippen molar-refractivity contribution in [2.45, 2.75) is 13.5 Å². The van der Waals surface area contributed by atoms with E-state index in [0.717, 1.165) is 33.6 Å². The maximum atomic E-state index is 5.69. The molecule has 0 saturated carbocycles. The predicted molar refractivity (Wildman–Crippen MR) is 95.1 cm³/mol. The highest BCUT2D eigenvalue weighted by Crippen LogP contribution is 2.29. The Balaban J connectivity index is 1.77. The number of anilines is 1. The van der Waals surface area contributed by atoms with Gasteiger partial charge in [-0.15, -0.1) is 10.2 Å². The molecular weight excluding hydrogens is 306 g/mol. The van der Waals surface area contributed by atoms with Crippen LogP contribution in [0.5, 0.6) is 5.75 Å². The molecule has 1 heterocycles. The Morgan fingerprint density at radius 3 is 2.52 bits per heavy atom. The molecule has 0 saturated heterocycles. The van der Waals surface area contributed by atoms with Crippen LogP contribution in [0.15, 0.2) is 54.6 Å². The molecule has 4 nitrogen and oxygen atoms in total. The van der Waals surface area contributed by atoms with E-state index in [9.17, 15) is 0 Å². The fourth-order valence-corrected chi connectivity index (χ4v) is 3.13. The molecule has 2 aromatic carbocycles. The van der Waals surface area contributed by atoms with Crippen molar-refractivity contribution in [1.29, 1.82) is 0 Å². The summed E-state index contributed by atoms with van der Waals surface area (Å²) in [5.74, 6) is 0.926. The lowest BCUT2D eigenvalue weighted by Gasteiger charge is -2.17. The molecule has 0 aliphatic heterocycles.